The average molecular weight is 284 g/mol. The molecule has 112 valence electrons. The van der Waals surface area contributed by atoms with Gasteiger partial charge in [-0.3, -0.25) is 4.79 Å². The van der Waals surface area contributed by atoms with Crippen LogP contribution in [0.5, 0.6) is 0 Å². The van der Waals surface area contributed by atoms with Crippen LogP contribution in [-0.2, 0) is 0 Å². The highest BCUT2D eigenvalue weighted by Gasteiger charge is 2.48. The summed E-state index contributed by atoms with van der Waals surface area (Å²) in [5, 5.41) is 3.21. The van der Waals surface area contributed by atoms with Crippen LogP contribution in [0.4, 0.5) is 5.69 Å². The Morgan fingerprint density at radius 1 is 1.24 bits per heavy atom. The van der Waals surface area contributed by atoms with Gasteiger partial charge in [-0.05, 0) is 54.0 Å². The van der Waals surface area contributed by atoms with Gasteiger partial charge >= 0.3 is 0 Å². The third kappa shape index (κ3) is 2.35. The van der Waals surface area contributed by atoms with Crippen molar-refractivity contribution >= 4 is 11.6 Å². The summed E-state index contributed by atoms with van der Waals surface area (Å²) in [4.78, 5) is 14.4. The zero-order valence-electron chi connectivity index (χ0n) is 13.3. The molecule has 0 aliphatic heterocycles. The van der Waals surface area contributed by atoms with Crippen molar-refractivity contribution in [2.45, 2.75) is 32.7 Å². The standard InChI is InChI=1S/C18H24N2O/c1-18(2)13-7-10-15(18)16(11-13)19-17(21)12-5-8-14(9-6-12)20(3)4/h5-6,8-10,13,16H,7,11H2,1-4H3,(H,19,21)/t13-,16+/m1/s1. The molecule has 0 saturated heterocycles. The van der Waals surface area contributed by atoms with Crippen LogP contribution in [0.1, 0.15) is 37.0 Å². The summed E-state index contributed by atoms with van der Waals surface area (Å²) >= 11 is 0. The first-order valence-corrected chi connectivity index (χ1v) is 7.68. The van der Waals surface area contributed by atoms with E-state index in [4.69, 9.17) is 0 Å². The molecule has 1 fully saturated rings. The summed E-state index contributed by atoms with van der Waals surface area (Å²) in [6.07, 6.45) is 4.58. The molecule has 2 bridgehead atoms. The van der Waals surface area contributed by atoms with Gasteiger partial charge in [-0.2, -0.15) is 0 Å². The van der Waals surface area contributed by atoms with Crippen LogP contribution in [0.25, 0.3) is 0 Å². The second-order valence-electron chi connectivity index (χ2n) is 7.02. The third-order valence-corrected chi connectivity index (χ3v) is 5.23. The fourth-order valence-corrected chi connectivity index (χ4v) is 3.75. The first-order chi connectivity index (χ1) is 9.89. The average Bonchev–Trinajstić information content (AvgIpc) is 2.86. The lowest BCUT2D eigenvalue weighted by Gasteiger charge is -2.22. The van der Waals surface area contributed by atoms with Crippen LogP contribution in [0.3, 0.4) is 0 Å². The summed E-state index contributed by atoms with van der Waals surface area (Å²) in [6, 6.07) is 7.99. The molecule has 3 nitrogen and oxygen atoms in total. The van der Waals surface area contributed by atoms with Crippen LogP contribution in [0.2, 0.25) is 0 Å². The van der Waals surface area contributed by atoms with Crippen molar-refractivity contribution in [3.05, 3.63) is 41.5 Å². The normalized spacial score (nSPS) is 25.6. The van der Waals surface area contributed by atoms with Crippen molar-refractivity contribution in [1.29, 1.82) is 0 Å². The Hall–Kier alpha value is -1.77. The Labute approximate surface area is 127 Å². The fourth-order valence-electron chi connectivity index (χ4n) is 3.75. The molecule has 21 heavy (non-hydrogen) atoms. The van der Waals surface area contributed by atoms with Gasteiger partial charge in [0.2, 0.25) is 0 Å². The molecule has 2 aliphatic rings. The van der Waals surface area contributed by atoms with Crippen molar-refractivity contribution in [2.24, 2.45) is 11.3 Å². The lowest BCUT2D eigenvalue weighted by Crippen LogP contribution is -2.35. The van der Waals surface area contributed by atoms with Crippen LogP contribution < -0.4 is 10.2 Å². The number of allylic oxidation sites excluding steroid dienone is 1. The number of hydrogen-bond donors (Lipinski definition) is 1. The van der Waals surface area contributed by atoms with Crippen LogP contribution >= 0.6 is 0 Å². The maximum atomic E-state index is 12.4. The first-order valence-electron chi connectivity index (χ1n) is 7.68. The zero-order valence-corrected chi connectivity index (χ0v) is 13.3. The van der Waals surface area contributed by atoms with Crippen LogP contribution in [0, 0.1) is 11.3 Å². The molecule has 0 spiro atoms. The quantitative estimate of drug-likeness (QED) is 0.864. The molecule has 1 aromatic rings. The first kappa shape index (κ1) is 14.2. The lowest BCUT2D eigenvalue weighted by molar-refractivity contribution is 0.0941. The maximum absolute atomic E-state index is 12.4. The van der Waals surface area contributed by atoms with Gasteiger partial charge in [0.1, 0.15) is 0 Å². The predicted octanol–water partition coefficient (Wildman–Crippen LogP) is 3.23. The van der Waals surface area contributed by atoms with E-state index in [1.807, 2.05) is 43.3 Å². The Balaban J connectivity index is 1.70. The maximum Gasteiger partial charge on any atom is 0.251 e. The molecular formula is C18H24N2O. The number of amides is 1. The van der Waals surface area contributed by atoms with Gasteiger partial charge in [0.25, 0.3) is 5.91 Å². The minimum Gasteiger partial charge on any atom is -0.378 e. The number of anilines is 1. The number of benzene rings is 1. The molecule has 0 unspecified atom stereocenters. The van der Waals surface area contributed by atoms with E-state index in [1.165, 1.54) is 12.0 Å². The van der Waals surface area contributed by atoms with E-state index in [0.29, 0.717) is 5.92 Å². The van der Waals surface area contributed by atoms with Crippen molar-refractivity contribution in [1.82, 2.24) is 5.32 Å². The van der Waals surface area contributed by atoms with E-state index in [1.54, 1.807) is 0 Å². The van der Waals surface area contributed by atoms with E-state index >= 15 is 0 Å². The molecule has 0 radical (unpaired) electrons. The SMILES string of the molecule is CN(C)c1ccc(C(=O)N[C@H]2C[C@H]3CC=C2C3(C)C)cc1. The van der Waals surface area contributed by atoms with E-state index in [2.05, 4.69) is 25.2 Å². The summed E-state index contributed by atoms with van der Waals surface area (Å²) in [6.45, 7) is 4.60. The van der Waals surface area contributed by atoms with E-state index < -0.39 is 0 Å². The number of nitrogens with zero attached hydrogens (tertiary/aromatic N) is 1. The number of fused-ring (bicyclic) bond motifs is 2. The van der Waals surface area contributed by atoms with Crippen molar-refractivity contribution in [3.8, 4) is 0 Å². The molecule has 1 saturated carbocycles. The minimum absolute atomic E-state index is 0.0366. The Bertz CT molecular complexity index is 584. The van der Waals surface area contributed by atoms with Gasteiger partial charge in [-0.1, -0.05) is 19.9 Å². The minimum atomic E-state index is 0.0366. The van der Waals surface area contributed by atoms with Gasteiger partial charge in [0.05, 0.1) is 6.04 Å². The molecule has 1 amide bonds. The molecule has 0 aromatic heterocycles. The predicted molar refractivity (Wildman–Crippen MR) is 86.6 cm³/mol. The largest absolute Gasteiger partial charge is 0.378 e. The molecule has 3 rings (SSSR count). The second-order valence-corrected chi connectivity index (χ2v) is 7.02. The van der Waals surface area contributed by atoms with Crippen molar-refractivity contribution in [3.63, 3.8) is 0 Å². The highest BCUT2D eigenvalue weighted by molar-refractivity contribution is 5.95. The highest BCUT2D eigenvalue weighted by atomic mass is 16.1. The van der Waals surface area contributed by atoms with Gasteiger partial charge in [-0.25, -0.2) is 0 Å². The Kier molecular flexibility index (Phi) is 3.31. The van der Waals surface area contributed by atoms with E-state index in [0.717, 1.165) is 17.7 Å². The summed E-state index contributed by atoms with van der Waals surface area (Å²) in [5.74, 6) is 0.725. The molecule has 3 heteroatoms. The highest BCUT2D eigenvalue weighted by Crippen LogP contribution is 2.53. The number of rotatable bonds is 3. The molecule has 1 aromatic carbocycles. The molecular weight excluding hydrogens is 260 g/mol. The number of hydrogen-bond acceptors (Lipinski definition) is 2. The number of carbonyl (C=O) groups is 1. The lowest BCUT2D eigenvalue weighted by atomic mass is 9.83. The topological polar surface area (TPSA) is 32.3 Å². The van der Waals surface area contributed by atoms with E-state index in [9.17, 15) is 4.79 Å². The van der Waals surface area contributed by atoms with Gasteiger partial charge in [0.15, 0.2) is 0 Å². The Morgan fingerprint density at radius 3 is 2.38 bits per heavy atom. The van der Waals surface area contributed by atoms with Gasteiger partial charge in [-0.15, -0.1) is 0 Å². The third-order valence-electron chi connectivity index (χ3n) is 5.23. The summed E-state index contributed by atoms with van der Waals surface area (Å²) < 4.78 is 0. The second kappa shape index (κ2) is 4.90. The van der Waals surface area contributed by atoms with Gasteiger partial charge in [0, 0.05) is 25.3 Å². The van der Waals surface area contributed by atoms with Crippen LogP contribution in [0.15, 0.2) is 35.9 Å². The monoisotopic (exact) mass is 284 g/mol. The summed E-state index contributed by atoms with van der Waals surface area (Å²) in [7, 11) is 4.00. The van der Waals surface area contributed by atoms with Crippen molar-refractivity contribution < 1.29 is 4.79 Å². The Morgan fingerprint density at radius 2 is 1.90 bits per heavy atom. The van der Waals surface area contributed by atoms with Crippen molar-refractivity contribution in [2.75, 3.05) is 19.0 Å². The smallest absolute Gasteiger partial charge is 0.251 e. The number of nitrogens with one attached hydrogen (secondary N) is 1. The molecule has 2 aliphatic carbocycles. The number of carbonyl (C=O) groups excluding carboxylic acids is 1. The van der Waals surface area contributed by atoms with Crippen LogP contribution in [-0.4, -0.2) is 26.0 Å². The fraction of sp³-hybridized carbons (Fsp3) is 0.500. The molecule has 2 atom stereocenters. The summed E-state index contributed by atoms with van der Waals surface area (Å²) in [5.41, 5.74) is 3.52. The van der Waals surface area contributed by atoms with E-state index in [-0.39, 0.29) is 17.4 Å². The zero-order chi connectivity index (χ0) is 15.2. The molecule has 1 N–H and O–H groups in total. The van der Waals surface area contributed by atoms with Gasteiger partial charge < -0.3 is 10.2 Å². The molecule has 0 heterocycles.